The molecule has 0 aliphatic carbocycles. The predicted molar refractivity (Wildman–Crippen MR) is 139 cm³/mol. The molecule has 5 nitrogen and oxygen atoms in total. The highest BCUT2D eigenvalue weighted by Crippen LogP contribution is 2.43. The molecule has 0 N–H and O–H groups in total. The molecule has 1 fully saturated rings. The molecule has 7 heteroatoms. The summed E-state index contributed by atoms with van der Waals surface area (Å²) in [5.41, 5.74) is 6.52. The number of likely N-dealkylation sites (tertiary alicyclic amines) is 1. The molecule has 2 aliphatic heterocycles. The molecular formula is C27H34ClNO4S. The number of halogens is 1. The van der Waals surface area contributed by atoms with Crippen LogP contribution in [0, 0.1) is 0 Å². The molecule has 0 atom stereocenters. The first-order valence-electron chi connectivity index (χ1n) is 11.9. The molecule has 2 aromatic rings. The minimum atomic E-state index is -0.158. The molecule has 3 heterocycles. The summed E-state index contributed by atoms with van der Waals surface area (Å²) < 4.78 is 11.0. The topological polar surface area (TPSA) is 55.8 Å². The zero-order valence-electron chi connectivity index (χ0n) is 20.1. The standard InChI is InChI=1S/C27H33NO4S.ClH/c1-19(29)5-4-13-28-14-10-21(11-15-28)26-23-17-20(6-3-7-25(30)31-2)8-9-24(23)32-18-22-12-16-33-27(22)26;/h8-9,12,16-17H,3-7,10-11,13-15,18H2,1-2H3;1H. The van der Waals surface area contributed by atoms with Gasteiger partial charge in [-0.1, -0.05) is 11.6 Å². The van der Waals surface area contributed by atoms with Crippen LogP contribution in [0.1, 0.15) is 67.0 Å². The van der Waals surface area contributed by atoms with E-state index in [1.54, 1.807) is 18.3 Å². The molecule has 0 radical (unpaired) electrons. The summed E-state index contributed by atoms with van der Waals surface area (Å²) in [4.78, 5) is 26.6. The number of ketones is 1. The Morgan fingerprint density at radius 2 is 1.91 bits per heavy atom. The molecule has 34 heavy (non-hydrogen) atoms. The second-order valence-corrected chi connectivity index (χ2v) is 9.87. The molecule has 1 aromatic carbocycles. The van der Waals surface area contributed by atoms with Gasteiger partial charge in [-0.05, 0) is 74.7 Å². The first-order valence-corrected chi connectivity index (χ1v) is 12.8. The number of piperidine rings is 1. The van der Waals surface area contributed by atoms with Crippen molar-refractivity contribution in [1.29, 1.82) is 0 Å². The fourth-order valence-electron chi connectivity index (χ4n) is 4.74. The maximum absolute atomic E-state index is 11.5. The number of carbonyl (C=O) groups excluding carboxylic acids is 2. The lowest BCUT2D eigenvalue weighted by atomic mass is 9.89. The Bertz CT molecular complexity index is 1040. The summed E-state index contributed by atoms with van der Waals surface area (Å²) in [5, 5.41) is 2.16. The third kappa shape index (κ3) is 6.49. The van der Waals surface area contributed by atoms with Crippen LogP contribution in [0.25, 0.3) is 5.57 Å². The Morgan fingerprint density at radius 3 is 2.65 bits per heavy atom. The SMILES string of the molecule is COC(=O)CCCc1ccc2c(c1)C(=C1CCN(CCCC(C)=O)CC1)c1sccc1CO2.Cl. The van der Waals surface area contributed by atoms with Crippen molar-refractivity contribution in [2.45, 2.75) is 58.5 Å². The van der Waals surface area contributed by atoms with Crippen LogP contribution < -0.4 is 4.74 Å². The number of rotatable bonds is 8. The fourth-order valence-corrected chi connectivity index (χ4v) is 5.76. The third-order valence-electron chi connectivity index (χ3n) is 6.56. The summed E-state index contributed by atoms with van der Waals surface area (Å²) in [5.74, 6) is 1.06. The molecule has 1 aromatic heterocycles. The van der Waals surface area contributed by atoms with Crippen molar-refractivity contribution in [1.82, 2.24) is 4.90 Å². The van der Waals surface area contributed by atoms with Crippen LogP contribution in [0.15, 0.2) is 35.2 Å². The van der Waals surface area contributed by atoms with Gasteiger partial charge in [-0.15, -0.1) is 23.7 Å². The minimum Gasteiger partial charge on any atom is -0.488 e. The molecule has 0 spiro atoms. The molecule has 2 aliphatic rings. The van der Waals surface area contributed by atoms with Crippen molar-refractivity contribution in [2.75, 3.05) is 26.7 Å². The van der Waals surface area contributed by atoms with Crippen LogP contribution in [-0.2, 0) is 27.4 Å². The van der Waals surface area contributed by atoms with Gasteiger partial charge in [0.25, 0.3) is 0 Å². The highest BCUT2D eigenvalue weighted by molar-refractivity contribution is 7.11. The largest absolute Gasteiger partial charge is 0.488 e. The van der Waals surface area contributed by atoms with Crippen LogP contribution in [0.4, 0.5) is 0 Å². The first kappa shape index (κ1) is 26.5. The van der Waals surface area contributed by atoms with Gasteiger partial charge in [0.05, 0.1) is 7.11 Å². The summed E-state index contributed by atoms with van der Waals surface area (Å²) in [6.45, 7) is 5.34. The number of benzene rings is 1. The van der Waals surface area contributed by atoms with Gasteiger partial charge in [-0.25, -0.2) is 0 Å². The summed E-state index contributed by atoms with van der Waals surface area (Å²) in [7, 11) is 1.44. The van der Waals surface area contributed by atoms with Gasteiger partial charge in [0, 0.05) is 47.5 Å². The highest BCUT2D eigenvalue weighted by atomic mass is 35.5. The molecular weight excluding hydrogens is 470 g/mol. The Hall–Kier alpha value is -2.15. The lowest BCUT2D eigenvalue weighted by Gasteiger charge is -2.30. The molecule has 0 saturated carbocycles. The van der Waals surface area contributed by atoms with E-state index in [1.165, 1.54) is 39.8 Å². The van der Waals surface area contributed by atoms with Gasteiger partial charge < -0.3 is 19.2 Å². The van der Waals surface area contributed by atoms with Crippen LogP contribution in [0.3, 0.4) is 0 Å². The lowest BCUT2D eigenvalue weighted by Crippen LogP contribution is -2.32. The van der Waals surface area contributed by atoms with E-state index in [1.807, 2.05) is 0 Å². The number of carbonyl (C=O) groups is 2. The second-order valence-electron chi connectivity index (χ2n) is 8.95. The fraction of sp³-hybridized carbons (Fsp3) is 0.481. The van der Waals surface area contributed by atoms with E-state index in [2.05, 4.69) is 34.5 Å². The quantitative estimate of drug-likeness (QED) is 0.424. The Kier molecular flexibility index (Phi) is 9.74. The molecule has 1 saturated heterocycles. The minimum absolute atomic E-state index is 0. The number of esters is 1. The van der Waals surface area contributed by atoms with Gasteiger partial charge in [-0.2, -0.15) is 0 Å². The number of Topliss-reactive ketones (excluding diaryl/α,β-unsaturated/α-hetero) is 1. The maximum Gasteiger partial charge on any atom is 0.305 e. The first-order chi connectivity index (χ1) is 16.0. The number of methoxy groups -OCH3 is 1. The van der Waals surface area contributed by atoms with Crippen LogP contribution in [0.5, 0.6) is 5.75 Å². The van der Waals surface area contributed by atoms with Gasteiger partial charge in [0.1, 0.15) is 18.1 Å². The van der Waals surface area contributed by atoms with Crippen LogP contribution >= 0.6 is 23.7 Å². The van der Waals surface area contributed by atoms with E-state index in [0.717, 1.165) is 57.5 Å². The summed E-state index contributed by atoms with van der Waals surface area (Å²) >= 11 is 1.80. The molecule has 0 unspecified atom stereocenters. The monoisotopic (exact) mass is 503 g/mol. The average molecular weight is 504 g/mol. The van der Waals surface area contributed by atoms with Crippen molar-refractivity contribution in [3.05, 3.63) is 56.8 Å². The lowest BCUT2D eigenvalue weighted by molar-refractivity contribution is -0.140. The summed E-state index contributed by atoms with van der Waals surface area (Å²) in [6.07, 6.45) is 5.75. The van der Waals surface area contributed by atoms with Crippen molar-refractivity contribution < 1.29 is 19.1 Å². The van der Waals surface area contributed by atoms with E-state index in [4.69, 9.17) is 9.47 Å². The zero-order chi connectivity index (χ0) is 23.2. The maximum atomic E-state index is 11.5. The van der Waals surface area contributed by atoms with Crippen LogP contribution in [0.2, 0.25) is 0 Å². The summed E-state index contributed by atoms with van der Waals surface area (Å²) in [6, 6.07) is 8.66. The van der Waals surface area contributed by atoms with Gasteiger partial charge in [0.2, 0.25) is 0 Å². The second kappa shape index (κ2) is 12.5. The molecule has 184 valence electrons. The van der Waals surface area contributed by atoms with E-state index in [-0.39, 0.29) is 24.2 Å². The molecule has 4 rings (SSSR count). The Balaban J connectivity index is 0.00000324. The Morgan fingerprint density at radius 1 is 1.12 bits per heavy atom. The number of hydrogen-bond donors (Lipinski definition) is 0. The highest BCUT2D eigenvalue weighted by Gasteiger charge is 2.26. The van der Waals surface area contributed by atoms with Crippen molar-refractivity contribution in [3.8, 4) is 5.75 Å². The molecule has 0 amide bonds. The van der Waals surface area contributed by atoms with Gasteiger partial charge >= 0.3 is 5.97 Å². The number of ether oxygens (including phenoxy) is 2. The van der Waals surface area contributed by atoms with E-state index in [0.29, 0.717) is 19.4 Å². The predicted octanol–water partition coefficient (Wildman–Crippen LogP) is 5.82. The number of nitrogens with zero attached hydrogens (tertiary/aromatic N) is 1. The number of fused-ring (bicyclic) bond motifs is 2. The Labute approximate surface area is 212 Å². The van der Waals surface area contributed by atoms with Gasteiger partial charge in [0.15, 0.2) is 0 Å². The third-order valence-corrected chi connectivity index (χ3v) is 7.53. The number of hydrogen-bond acceptors (Lipinski definition) is 6. The van der Waals surface area contributed by atoms with Crippen molar-refractivity contribution in [3.63, 3.8) is 0 Å². The normalized spacial score (nSPS) is 15.5. The van der Waals surface area contributed by atoms with Gasteiger partial charge in [-0.3, -0.25) is 4.79 Å². The average Bonchev–Trinajstić information content (AvgIpc) is 3.21. The number of aryl methyl sites for hydroxylation is 1. The number of thiophene rings is 1. The van der Waals surface area contributed by atoms with Crippen molar-refractivity contribution >= 4 is 41.1 Å². The molecule has 0 bridgehead atoms. The van der Waals surface area contributed by atoms with Crippen molar-refractivity contribution in [2.24, 2.45) is 0 Å². The van der Waals surface area contributed by atoms with E-state index >= 15 is 0 Å². The smallest absolute Gasteiger partial charge is 0.305 e. The zero-order valence-corrected chi connectivity index (χ0v) is 21.7. The van der Waals surface area contributed by atoms with E-state index in [9.17, 15) is 9.59 Å². The van der Waals surface area contributed by atoms with Crippen LogP contribution in [-0.4, -0.2) is 43.4 Å². The van der Waals surface area contributed by atoms with E-state index < -0.39 is 0 Å².